The van der Waals surface area contributed by atoms with E-state index in [4.69, 9.17) is 16.0 Å². The van der Waals surface area contributed by atoms with Gasteiger partial charge in [-0.2, -0.15) is 0 Å². The third kappa shape index (κ3) is 3.97. The summed E-state index contributed by atoms with van der Waals surface area (Å²) in [5.74, 6) is 1.39. The Morgan fingerprint density at radius 2 is 2.00 bits per heavy atom. The molecular formula is C23H23ClN2O2. The lowest BCUT2D eigenvalue weighted by Crippen LogP contribution is -2.33. The van der Waals surface area contributed by atoms with Crippen LogP contribution in [0.5, 0.6) is 0 Å². The molecule has 144 valence electrons. The van der Waals surface area contributed by atoms with Gasteiger partial charge in [-0.1, -0.05) is 35.9 Å². The van der Waals surface area contributed by atoms with Crippen molar-refractivity contribution in [1.29, 1.82) is 0 Å². The summed E-state index contributed by atoms with van der Waals surface area (Å²) in [6.07, 6.45) is 5.80. The van der Waals surface area contributed by atoms with Gasteiger partial charge in [0.2, 0.25) is 5.91 Å². The Kier molecular flexibility index (Phi) is 5.49. The molecule has 1 amide bonds. The molecule has 3 aromatic rings. The van der Waals surface area contributed by atoms with E-state index in [1.54, 1.807) is 6.20 Å². The second-order valence-electron chi connectivity index (χ2n) is 7.24. The topological polar surface area (TPSA) is 46.3 Å². The Morgan fingerprint density at radius 1 is 1.21 bits per heavy atom. The van der Waals surface area contributed by atoms with Gasteiger partial charge in [0.15, 0.2) is 11.7 Å². The maximum absolute atomic E-state index is 12.8. The molecular weight excluding hydrogens is 372 g/mol. The molecule has 0 saturated carbocycles. The fraction of sp³-hybridized carbons (Fsp3) is 0.304. The molecule has 4 rings (SSSR count). The molecule has 2 aromatic carbocycles. The largest absolute Gasteiger partial charge is 0.441 e. The Hall–Kier alpha value is -2.59. The maximum Gasteiger partial charge on any atom is 0.223 e. The average molecular weight is 395 g/mol. The molecule has 1 atom stereocenters. The van der Waals surface area contributed by atoms with Gasteiger partial charge in [0.1, 0.15) is 0 Å². The van der Waals surface area contributed by atoms with E-state index in [1.807, 2.05) is 36.2 Å². The van der Waals surface area contributed by atoms with Crippen molar-refractivity contribution in [2.45, 2.75) is 38.1 Å². The highest BCUT2D eigenvalue weighted by molar-refractivity contribution is 6.30. The SMILES string of the molecule is CN(C(=O)CCc1ncc(-c2ccc(Cl)cc2)o1)[C@H]1CCCc2ccccc21. The molecule has 0 N–H and O–H groups in total. The van der Waals surface area contributed by atoms with E-state index in [9.17, 15) is 4.79 Å². The quantitative estimate of drug-likeness (QED) is 0.577. The minimum absolute atomic E-state index is 0.118. The van der Waals surface area contributed by atoms with Crippen LogP contribution in [-0.2, 0) is 17.6 Å². The van der Waals surface area contributed by atoms with Crippen LogP contribution in [0.3, 0.4) is 0 Å². The minimum Gasteiger partial charge on any atom is -0.441 e. The van der Waals surface area contributed by atoms with Crippen molar-refractivity contribution in [2.75, 3.05) is 7.05 Å². The van der Waals surface area contributed by atoms with E-state index in [0.717, 1.165) is 24.8 Å². The number of fused-ring (bicyclic) bond motifs is 1. The molecule has 0 saturated heterocycles. The summed E-state index contributed by atoms with van der Waals surface area (Å²) < 4.78 is 5.82. The number of halogens is 1. The van der Waals surface area contributed by atoms with E-state index in [1.165, 1.54) is 11.1 Å². The van der Waals surface area contributed by atoms with Crippen LogP contribution in [0.25, 0.3) is 11.3 Å². The fourth-order valence-corrected chi connectivity index (χ4v) is 3.99. The highest BCUT2D eigenvalue weighted by Gasteiger charge is 2.26. The lowest BCUT2D eigenvalue weighted by molar-refractivity contribution is -0.132. The van der Waals surface area contributed by atoms with Crippen molar-refractivity contribution in [1.82, 2.24) is 9.88 Å². The first-order chi connectivity index (χ1) is 13.6. The summed E-state index contributed by atoms with van der Waals surface area (Å²) in [7, 11) is 1.91. The lowest BCUT2D eigenvalue weighted by Gasteiger charge is -2.33. The number of aryl methyl sites for hydroxylation is 2. The minimum atomic E-state index is 0.118. The van der Waals surface area contributed by atoms with Crippen LogP contribution < -0.4 is 0 Å². The summed E-state index contributed by atoms with van der Waals surface area (Å²) in [4.78, 5) is 19.0. The number of carbonyl (C=O) groups is 1. The van der Waals surface area contributed by atoms with Gasteiger partial charge in [-0.15, -0.1) is 0 Å². The van der Waals surface area contributed by atoms with Crippen LogP contribution in [0.2, 0.25) is 5.02 Å². The standard InChI is InChI=1S/C23H23ClN2O2/c1-26(20-8-4-6-16-5-2-3-7-19(16)20)23(27)14-13-22-25-15-21(28-22)17-9-11-18(24)12-10-17/h2-3,5,7,9-12,15,20H,4,6,8,13-14H2,1H3/t20-/m0/s1. The van der Waals surface area contributed by atoms with E-state index >= 15 is 0 Å². The molecule has 0 spiro atoms. The van der Waals surface area contributed by atoms with Crippen molar-refractivity contribution in [2.24, 2.45) is 0 Å². The highest BCUT2D eigenvalue weighted by atomic mass is 35.5. The molecule has 0 fully saturated rings. The monoisotopic (exact) mass is 394 g/mol. The van der Waals surface area contributed by atoms with Crippen molar-refractivity contribution in [3.63, 3.8) is 0 Å². The van der Waals surface area contributed by atoms with Crippen LogP contribution >= 0.6 is 11.6 Å². The number of aromatic nitrogens is 1. The Labute approximate surface area is 170 Å². The number of hydrogen-bond donors (Lipinski definition) is 0. The van der Waals surface area contributed by atoms with Crippen molar-refractivity contribution >= 4 is 17.5 Å². The zero-order valence-electron chi connectivity index (χ0n) is 15.9. The zero-order chi connectivity index (χ0) is 19.5. The number of carbonyl (C=O) groups excluding carboxylic acids is 1. The molecule has 5 heteroatoms. The number of rotatable bonds is 5. The van der Waals surface area contributed by atoms with Gasteiger partial charge in [-0.25, -0.2) is 4.98 Å². The Balaban J connectivity index is 1.39. The fourth-order valence-electron chi connectivity index (χ4n) is 3.87. The van der Waals surface area contributed by atoms with E-state index < -0.39 is 0 Å². The Bertz CT molecular complexity index is 965. The molecule has 1 heterocycles. The molecule has 28 heavy (non-hydrogen) atoms. The van der Waals surface area contributed by atoms with Gasteiger partial charge in [-0.3, -0.25) is 4.79 Å². The van der Waals surface area contributed by atoms with Crippen LogP contribution in [0.1, 0.15) is 42.3 Å². The molecule has 0 unspecified atom stereocenters. The molecule has 0 bridgehead atoms. The number of oxazole rings is 1. The van der Waals surface area contributed by atoms with E-state index in [-0.39, 0.29) is 11.9 Å². The first-order valence-electron chi connectivity index (χ1n) is 9.66. The molecule has 1 aliphatic rings. The third-order valence-electron chi connectivity index (χ3n) is 5.43. The molecule has 0 radical (unpaired) electrons. The van der Waals surface area contributed by atoms with Crippen molar-refractivity contribution in [3.8, 4) is 11.3 Å². The van der Waals surface area contributed by atoms with Crippen LogP contribution in [0.15, 0.2) is 59.1 Å². The van der Waals surface area contributed by atoms with Crippen molar-refractivity contribution < 1.29 is 9.21 Å². The maximum atomic E-state index is 12.8. The number of benzene rings is 2. The molecule has 0 aliphatic heterocycles. The normalized spacial score (nSPS) is 15.9. The Morgan fingerprint density at radius 3 is 2.82 bits per heavy atom. The van der Waals surface area contributed by atoms with E-state index in [0.29, 0.717) is 29.5 Å². The zero-order valence-corrected chi connectivity index (χ0v) is 16.7. The van der Waals surface area contributed by atoms with Gasteiger partial charge >= 0.3 is 0 Å². The van der Waals surface area contributed by atoms with Gasteiger partial charge in [0.25, 0.3) is 0 Å². The van der Waals surface area contributed by atoms with Gasteiger partial charge in [0, 0.05) is 30.5 Å². The molecule has 4 nitrogen and oxygen atoms in total. The number of nitrogens with zero attached hydrogens (tertiary/aromatic N) is 2. The summed E-state index contributed by atoms with van der Waals surface area (Å²) in [6.45, 7) is 0. The second-order valence-corrected chi connectivity index (χ2v) is 7.67. The lowest BCUT2D eigenvalue weighted by atomic mass is 9.87. The summed E-state index contributed by atoms with van der Waals surface area (Å²) >= 11 is 5.93. The van der Waals surface area contributed by atoms with Gasteiger partial charge in [-0.05, 0) is 54.7 Å². The summed E-state index contributed by atoms with van der Waals surface area (Å²) in [6, 6.07) is 16.0. The second kappa shape index (κ2) is 8.19. The van der Waals surface area contributed by atoms with Crippen LogP contribution in [0.4, 0.5) is 0 Å². The predicted molar refractivity (Wildman–Crippen MR) is 110 cm³/mol. The highest BCUT2D eigenvalue weighted by Crippen LogP contribution is 2.33. The molecule has 1 aliphatic carbocycles. The van der Waals surface area contributed by atoms with E-state index in [2.05, 4.69) is 29.2 Å². The predicted octanol–water partition coefficient (Wildman–Crippen LogP) is 5.46. The van der Waals surface area contributed by atoms with Gasteiger partial charge < -0.3 is 9.32 Å². The number of amides is 1. The average Bonchev–Trinajstić information content (AvgIpc) is 3.20. The smallest absolute Gasteiger partial charge is 0.223 e. The molecule has 1 aromatic heterocycles. The number of hydrogen-bond acceptors (Lipinski definition) is 3. The van der Waals surface area contributed by atoms with Gasteiger partial charge in [0.05, 0.1) is 12.2 Å². The summed E-state index contributed by atoms with van der Waals surface area (Å²) in [5.41, 5.74) is 3.56. The first-order valence-corrected chi connectivity index (χ1v) is 10.0. The third-order valence-corrected chi connectivity index (χ3v) is 5.69. The van der Waals surface area contributed by atoms with Crippen molar-refractivity contribution in [3.05, 3.63) is 76.8 Å². The van der Waals surface area contributed by atoms with Crippen LogP contribution in [-0.4, -0.2) is 22.8 Å². The summed E-state index contributed by atoms with van der Waals surface area (Å²) in [5, 5.41) is 0.682. The van der Waals surface area contributed by atoms with Crippen LogP contribution in [0, 0.1) is 0 Å². The first kappa shape index (κ1) is 18.8.